The zero-order valence-corrected chi connectivity index (χ0v) is 30.7. The third-order valence-electron chi connectivity index (χ3n) is 6.60. The quantitative estimate of drug-likeness (QED) is 0.182. The summed E-state index contributed by atoms with van der Waals surface area (Å²) in [5.41, 5.74) is 0.123. The summed E-state index contributed by atoms with van der Waals surface area (Å²) in [6.07, 6.45) is 0.739. The van der Waals surface area contributed by atoms with Crippen molar-refractivity contribution in [3.63, 3.8) is 0 Å². The molecule has 0 aromatic heterocycles. The lowest BCUT2D eigenvalue weighted by atomic mass is 10.0. The Hall–Kier alpha value is -3.73. The molecule has 48 heavy (non-hydrogen) atoms. The fourth-order valence-corrected chi connectivity index (χ4v) is 6.35. The maximum Gasteiger partial charge on any atom is 0.531 e. The normalized spacial score (nSPS) is 14.0. The first-order chi connectivity index (χ1) is 22.2. The van der Waals surface area contributed by atoms with E-state index in [-0.39, 0.29) is 24.0 Å². The molecule has 2 aromatic carbocycles. The second-order valence-electron chi connectivity index (χ2n) is 14.0. The van der Waals surface area contributed by atoms with Gasteiger partial charge in [-0.2, -0.15) is 0 Å². The molecule has 0 bridgehead atoms. The lowest BCUT2D eigenvalue weighted by Gasteiger charge is -2.30. The maximum atomic E-state index is 13.5. The molecule has 0 saturated heterocycles. The molecule has 0 aliphatic rings. The van der Waals surface area contributed by atoms with Crippen LogP contribution in [0.5, 0.6) is 5.75 Å². The SMILES string of the molecule is CC(=O)N[C@@H](Cc1ccc(OP(=O)(OC(C)(C)C)OC(C)(C)C)cc1)C(=O)N[C@H](C(=O)N[C@@H](C)C(=O)NCCc1ccccc1)C(C)C. The first-order valence-corrected chi connectivity index (χ1v) is 17.6. The van der Waals surface area contributed by atoms with Crippen LogP contribution in [-0.2, 0) is 45.6 Å². The van der Waals surface area contributed by atoms with Crippen molar-refractivity contribution in [2.24, 2.45) is 5.92 Å². The van der Waals surface area contributed by atoms with Gasteiger partial charge in [-0.05, 0) is 84.1 Å². The molecule has 0 spiro atoms. The molecule has 0 aliphatic carbocycles. The number of hydrogen-bond donors (Lipinski definition) is 4. The summed E-state index contributed by atoms with van der Waals surface area (Å²) < 4.78 is 30.5. The lowest BCUT2D eigenvalue weighted by molar-refractivity contribution is -0.134. The second kappa shape index (κ2) is 17.6. The van der Waals surface area contributed by atoms with Crippen LogP contribution in [0.2, 0.25) is 0 Å². The molecule has 13 heteroatoms. The number of carbonyl (C=O) groups excluding carboxylic acids is 4. The van der Waals surface area contributed by atoms with E-state index in [0.717, 1.165) is 5.56 Å². The van der Waals surface area contributed by atoms with E-state index in [1.165, 1.54) is 6.92 Å². The highest BCUT2D eigenvalue weighted by Crippen LogP contribution is 2.55. The molecule has 4 N–H and O–H groups in total. The number of carbonyl (C=O) groups is 4. The van der Waals surface area contributed by atoms with E-state index >= 15 is 0 Å². The van der Waals surface area contributed by atoms with E-state index in [9.17, 15) is 23.7 Å². The summed E-state index contributed by atoms with van der Waals surface area (Å²) in [4.78, 5) is 51.3. The van der Waals surface area contributed by atoms with Gasteiger partial charge in [0.25, 0.3) is 0 Å². The van der Waals surface area contributed by atoms with Gasteiger partial charge in [-0.25, -0.2) is 4.57 Å². The van der Waals surface area contributed by atoms with E-state index in [4.69, 9.17) is 13.6 Å². The average molecular weight is 689 g/mol. The highest BCUT2D eigenvalue weighted by molar-refractivity contribution is 7.49. The van der Waals surface area contributed by atoms with Crippen molar-refractivity contribution in [1.29, 1.82) is 0 Å². The smallest absolute Gasteiger partial charge is 0.404 e. The van der Waals surface area contributed by atoms with Crippen molar-refractivity contribution in [2.45, 2.75) is 111 Å². The molecule has 2 rings (SSSR count). The van der Waals surface area contributed by atoms with Gasteiger partial charge in [0.1, 0.15) is 23.9 Å². The third-order valence-corrected chi connectivity index (χ3v) is 8.58. The van der Waals surface area contributed by atoms with Crippen molar-refractivity contribution in [2.75, 3.05) is 6.54 Å². The molecular weight excluding hydrogens is 635 g/mol. The molecule has 0 fully saturated rings. The van der Waals surface area contributed by atoms with Gasteiger partial charge in [-0.15, -0.1) is 0 Å². The first-order valence-electron chi connectivity index (χ1n) is 16.2. The Balaban J connectivity index is 2.08. The van der Waals surface area contributed by atoms with Gasteiger partial charge in [0.15, 0.2) is 0 Å². The summed E-state index contributed by atoms with van der Waals surface area (Å²) in [7, 11) is -4.02. The van der Waals surface area contributed by atoms with Crippen molar-refractivity contribution < 1.29 is 37.3 Å². The van der Waals surface area contributed by atoms with Gasteiger partial charge in [0.05, 0.1) is 11.2 Å². The van der Waals surface area contributed by atoms with Crippen LogP contribution in [0.1, 0.15) is 80.4 Å². The molecule has 4 amide bonds. The van der Waals surface area contributed by atoms with Crippen LogP contribution in [-0.4, -0.2) is 59.5 Å². The predicted octanol–water partition coefficient (Wildman–Crippen LogP) is 4.86. The van der Waals surface area contributed by atoms with Crippen molar-refractivity contribution >= 4 is 31.5 Å². The highest BCUT2D eigenvalue weighted by atomic mass is 31.2. The minimum Gasteiger partial charge on any atom is -0.404 e. The van der Waals surface area contributed by atoms with Crippen LogP contribution in [0, 0.1) is 5.92 Å². The Morgan fingerprint density at radius 3 is 1.79 bits per heavy atom. The molecule has 0 saturated carbocycles. The standard InChI is InChI=1S/C35H53N4O8P/c1-23(2)30(33(43)37-24(3)31(41)36-21-20-26-14-12-11-13-15-26)39-32(42)29(38-25(4)40)22-27-16-18-28(19-17-27)45-48(44,46-34(5,6)7)47-35(8,9)10/h11-19,23-24,29-30H,20-22H2,1-10H3,(H,36,41)(H,37,43)(H,38,40)(H,39,42)/t24-,29-,30-/m0/s1. The molecule has 2 aromatic rings. The van der Waals surface area contributed by atoms with E-state index in [0.29, 0.717) is 18.5 Å². The minimum absolute atomic E-state index is 0.0903. The van der Waals surface area contributed by atoms with Gasteiger partial charge in [0, 0.05) is 19.9 Å². The van der Waals surface area contributed by atoms with Crippen LogP contribution >= 0.6 is 7.82 Å². The van der Waals surface area contributed by atoms with Gasteiger partial charge in [-0.1, -0.05) is 56.3 Å². The largest absolute Gasteiger partial charge is 0.531 e. The second-order valence-corrected chi connectivity index (χ2v) is 15.5. The predicted molar refractivity (Wildman–Crippen MR) is 185 cm³/mol. The van der Waals surface area contributed by atoms with Crippen LogP contribution in [0.3, 0.4) is 0 Å². The number of phosphoric acid groups is 1. The van der Waals surface area contributed by atoms with Crippen LogP contribution in [0.15, 0.2) is 54.6 Å². The Morgan fingerprint density at radius 1 is 0.729 bits per heavy atom. The molecule has 0 aliphatic heterocycles. The topological polar surface area (TPSA) is 161 Å². The minimum atomic E-state index is -4.02. The van der Waals surface area contributed by atoms with Gasteiger partial charge < -0.3 is 25.8 Å². The van der Waals surface area contributed by atoms with Crippen LogP contribution in [0.4, 0.5) is 0 Å². The fourth-order valence-electron chi connectivity index (χ4n) is 4.52. The average Bonchev–Trinajstić information content (AvgIpc) is 2.94. The molecule has 3 atom stereocenters. The van der Waals surface area contributed by atoms with Gasteiger partial charge >= 0.3 is 7.82 Å². The van der Waals surface area contributed by atoms with Crippen molar-refractivity contribution in [3.05, 3.63) is 65.7 Å². The summed E-state index contributed by atoms with van der Waals surface area (Å²) in [5, 5.41) is 10.9. The number of nitrogens with one attached hydrogen (secondary N) is 4. The van der Waals surface area contributed by atoms with Crippen molar-refractivity contribution in [1.82, 2.24) is 21.3 Å². The van der Waals surface area contributed by atoms with Crippen LogP contribution in [0.25, 0.3) is 0 Å². The number of phosphoric ester groups is 1. The Labute approximate surface area is 285 Å². The number of benzene rings is 2. The van der Waals surface area contributed by atoms with Gasteiger partial charge in [-0.3, -0.25) is 28.2 Å². The maximum absolute atomic E-state index is 13.5. The molecule has 0 heterocycles. The van der Waals surface area contributed by atoms with E-state index in [1.54, 1.807) is 86.6 Å². The Bertz CT molecular complexity index is 1400. The van der Waals surface area contributed by atoms with E-state index in [1.807, 2.05) is 30.3 Å². The zero-order valence-electron chi connectivity index (χ0n) is 29.8. The summed E-state index contributed by atoms with van der Waals surface area (Å²) in [6, 6.07) is 13.4. The van der Waals surface area contributed by atoms with Crippen LogP contribution < -0.4 is 25.8 Å². The third kappa shape index (κ3) is 15.0. The molecule has 0 radical (unpaired) electrons. The number of rotatable bonds is 16. The lowest BCUT2D eigenvalue weighted by Crippen LogP contribution is -2.58. The first kappa shape index (κ1) is 40.4. The Morgan fingerprint density at radius 2 is 1.29 bits per heavy atom. The van der Waals surface area contributed by atoms with E-state index in [2.05, 4.69) is 21.3 Å². The fraction of sp³-hybridized carbons (Fsp3) is 0.543. The molecular formula is C35H53N4O8P. The van der Waals surface area contributed by atoms with Gasteiger partial charge in [0.2, 0.25) is 23.6 Å². The number of hydrogen-bond acceptors (Lipinski definition) is 8. The summed E-state index contributed by atoms with van der Waals surface area (Å²) in [5.74, 6) is -1.96. The molecule has 266 valence electrons. The Kier molecular flexibility index (Phi) is 14.8. The molecule has 12 nitrogen and oxygen atoms in total. The monoisotopic (exact) mass is 688 g/mol. The summed E-state index contributed by atoms with van der Waals surface area (Å²) >= 11 is 0. The van der Waals surface area contributed by atoms with E-state index < -0.39 is 54.9 Å². The zero-order chi connectivity index (χ0) is 36.3. The molecule has 0 unspecified atom stereocenters. The van der Waals surface area contributed by atoms with Crippen molar-refractivity contribution in [3.8, 4) is 5.75 Å². The number of amides is 4. The summed E-state index contributed by atoms with van der Waals surface area (Å²) in [6.45, 7) is 17.3. The highest BCUT2D eigenvalue weighted by Gasteiger charge is 2.39.